The number of amides is 2. The molecule has 0 aliphatic heterocycles. The molecule has 0 unspecified atom stereocenters. The number of hydrogen-bond acceptors (Lipinski definition) is 3. The zero-order chi connectivity index (χ0) is 13.9. The lowest BCUT2D eigenvalue weighted by atomic mass is 10.1. The second kappa shape index (κ2) is 9.78. The molecule has 5 heteroatoms. The van der Waals surface area contributed by atoms with E-state index in [2.05, 4.69) is 10.6 Å². The summed E-state index contributed by atoms with van der Waals surface area (Å²) in [6.07, 6.45) is 7.21. The summed E-state index contributed by atoms with van der Waals surface area (Å²) in [5, 5.41) is 14.3. The Balaban J connectivity index is 1.96. The van der Waals surface area contributed by atoms with Gasteiger partial charge in [-0.25, -0.2) is 0 Å². The molecule has 5 nitrogen and oxygen atoms in total. The largest absolute Gasteiger partial charge is 0.396 e. The summed E-state index contributed by atoms with van der Waals surface area (Å²) in [7, 11) is 0. The molecule has 0 bridgehead atoms. The van der Waals surface area contributed by atoms with Crippen molar-refractivity contribution in [3.8, 4) is 0 Å². The maximum absolute atomic E-state index is 11.7. The number of aliphatic hydroxyl groups excluding tert-OH is 1. The predicted molar refractivity (Wildman–Crippen MR) is 73.5 cm³/mol. The van der Waals surface area contributed by atoms with Gasteiger partial charge < -0.3 is 15.7 Å². The van der Waals surface area contributed by atoms with E-state index in [-0.39, 0.29) is 24.3 Å². The third-order valence-electron chi connectivity index (χ3n) is 3.53. The molecule has 2 amide bonds. The first-order valence-corrected chi connectivity index (χ1v) is 7.39. The predicted octanol–water partition coefficient (Wildman–Crippen LogP) is 0.962. The third-order valence-corrected chi connectivity index (χ3v) is 3.53. The van der Waals surface area contributed by atoms with Crippen LogP contribution in [0.25, 0.3) is 0 Å². The first-order valence-electron chi connectivity index (χ1n) is 7.39. The van der Waals surface area contributed by atoms with Crippen molar-refractivity contribution in [3.63, 3.8) is 0 Å². The number of aliphatic hydroxyl groups is 1. The van der Waals surface area contributed by atoms with Gasteiger partial charge in [0.05, 0.1) is 0 Å². The highest BCUT2D eigenvalue weighted by molar-refractivity contribution is 5.80. The summed E-state index contributed by atoms with van der Waals surface area (Å²) in [4.78, 5) is 23.2. The fourth-order valence-electron chi connectivity index (χ4n) is 2.36. The van der Waals surface area contributed by atoms with Gasteiger partial charge in [0.25, 0.3) is 0 Å². The van der Waals surface area contributed by atoms with E-state index < -0.39 is 0 Å². The van der Waals surface area contributed by atoms with Gasteiger partial charge in [0.1, 0.15) is 0 Å². The Morgan fingerprint density at radius 2 is 1.74 bits per heavy atom. The van der Waals surface area contributed by atoms with Gasteiger partial charge in [-0.1, -0.05) is 12.8 Å². The molecule has 1 aliphatic carbocycles. The Morgan fingerprint density at radius 1 is 1.00 bits per heavy atom. The normalized spacial score (nSPS) is 15.4. The van der Waals surface area contributed by atoms with Crippen LogP contribution in [0, 0.1) is 5.92 Å². The van der Waals surface area contributed by atoms with Crippen LogP contribution >= 0.6 is 0 Å². The molecule has 3 N–H and O–H groups in total. The van der Waals surface area contributed by atoms with Crippen LogP contribution in [-0.2, 0) is 9.59 Å². The van der Waals surface area contributed by atoms with Gasteiger partial charge in [0, 0.05) is 32.0 Å². The Hall–Kier alpha value is -1.10. The zero-order valence-corrected chi connectivity index (χ0v) is 11.6. The van der Waals surface area contributed by atoms with Crippen molar-refractivity contribution in [2.24, 2.45) is 5.92 Å². The molecule has 0 aromatic carbocycles. The van der Waals surface area contributed by atoms with Gasteiger partial charge in [-0.05, 0) is 32.1 Å². The lowest BCUT2D eigenvalue weighted by Crippen LogP contribution is -2.33. The maximum atomic E-state index is 11.7. The molecule has 0 aromatic rings. The second-order valence-corrected chi connectivity index (χ2v) is 5.16. The highest BCUT2D eigenvalue weighted by Crippen LogP contribution is 2.24. The van der Waals surface area contributed by atoms with Gasteiger partial charge in [0.15, 0.2) is 0 Å². The lowest BCUT2D eigenvalue weighted by Gasteiger charge is -2.10. The Labute approximate surface area is 115 Å². The van der Waals surface area contributed by atoms with Crippen LogP contribution in [0.4, 0.5) is 0 Å². The van der Waals surface area contributed by atoms with Gasteiger partial charge in [-0.2, -0.15) is 0 Å². The van der Waals surface area contributed by atoms with Crippen LogP contribution in [0.5, 0.6) is 0 Å². The van der Waals surface area contributed by atoms with Gasteiger partial charge in [0.2, 0.25) is 11.8 Å². The number of nitrogens with one attached hydrogen (secondary N) is 2. The SMILES string of the molecule is O=C(CCNC(=O)C1CCCC1)NCCCCCO. The Morgan fingerprint density at radius 3 is 2.42 bits per heavy atom. The molecule has 0 spiro atoms. The molecule has 1 rings (SSSR count). The maximum Gasteiger partial charge on any atom is 0.223 e. The van der Waals surface area contributed by atoms with E-state index in [9.17, 15) is 9.59 Å². The van der Waals surface area contributed by atoms with Crippen molar-refractivity contribution in [1.82, 2.24) is 10.6 Å². The van der Waals surface area contributed by atoms with E-state index in [1.807, 2.05) is 0 Å². The summed E-state index contributed by atoms with van der Waals surface area (Å²) in [6, 6.07) is 0. The zero-order valence-electron chi connectivity index (χ0n) is 11.6. The van der Waals surface area contributed by atoms with E-state index in [0.717, 1.165) is 44.9 Å². The molecule has 1 aliphatic rings. The molecular formula is C14H26N2O3. The minimum atomic E-state index is -0.0179. The van der Waals surface area contributed by atoms with Crippen molar-refractivity contribution in [2.45, 2.75) is 51.4 Å². The Kier molecular flexibility index (Phi) is 8.21. The smallest absolute Gasteiger partial charge is 0.223 e. The van der Waals surface area contributed by atoms with Crippen LogP contribution < -0.4 is 10.6 Å². The number of unbranched alkanes of at least 4 members (excludes halogenated alkanes) is 2. The van der Waals surface area contributed by atoms with E-state index in [1.165, 1.54) is 0 Å². The third kappa shape index (κ3) is 7.15. The highest BCUT2D eigenvalue weighted by atomic mass is 16.3. The molecule has 0 heterocycles. The molecule has 1 fully saturated rings. The molecule has 19 heavy (non-hydrogen) atoms. The number of hydrogen-bond donors (Lipinski definition) is 3. The van der Waals surface area contributed by atoms with Crippen molar-refractivity contribution in [3.05, 3.63) is 0 Å². The minimum absolute atomic E-state index is 0.0179. The first kappa shape index (κ1) is 16.0. The number of carbonyl (C=O) groups is 2. The second-order valence-electron chi connectivity index (χ2n) is 5.16. The van der Waals surface area contributed by atoms with Gasteiger partial charge in [-0.15, -0.1) is 0 Å². The average molecular weight is 270 g/mol. The van der Waals surface area contributed by atoms with Crippen molar-refractivity contribution < 1.29 is 14.7 Å². The quantitative estimate of drug-likeness (QED) is 0.546. The van der Waals surface area contributed by atoms with Crippen molar-refractivity contribution >= 4 is 11.8 Å². The summed E-state index contributed by atoms with van der Waals surface area (Å²) in [5.74, 6) is 0.255. The van der Waals surface area contributed by atoms with Crippen molar-refractivity contribution in [1.29, 1.82) is 0 Å². The van der Waals surface area contributed by atoms with E-state index in [4.69, 9.17) is 5.11 Å². The average Bonchev–Trinajstić information content (AvgIpc) is 2.92. The van der Waals surface area contributed by atoms with E-state index >= 15 is 0 Å². The van der Waals surface area contributed by atoms with Gasteiger partial charge in [-0.3, -0.25) is 9.59 Å². The summed E-state index contributed by atoms with van der Waals surface area (Å²) < 4.78 is 0. The van der Waals surface area contributed by atoms with E-state index in [1.54, 1.807) is 0 Å². The van der Waals surface area contributed by atoms with Crippen LogP contribution in [0.3, 0.4) is 0 Å². The fraction of sp³-hybridized carbons (Fsp3) is 0.857. The number of rotatable bonds is 9. The Bertz CT molecular complexity index is 276. The van der Waals surface area contributed by atoms with Crippen molar-refractivity contribution in [2.75, 3.05) is 19.7 Å². The van der Waals surface area contributed by atoms with Crippen LogP contribution in [0.2, 0.25) is 0 Å². The molecule has 110 valence electrons. The number of carbonyl (C=O) groups excluding carboxylic acids is 2. The minimum Gasteiger partial charge on any atom is -0.396 e. The van der Waals surface area contributed by atoms with Crippen LogP contribution in [0.15, 0.2) is 0 Å². The molecule has 0 saturated heterocycles. The van der Waals surface area contributed by atoms with Gasteiger partial charge >= 0.3 is 0 Å². The molecule has 0 atom stereocenters. The lowest BCUT2D eigenvalue weighted by molar-refractivity contribution is -0.125. The highest BCUT2D eigenvalue weighted by Gasteiger charge is 2.22. The molecular weight excluding hydrogens is 244 g/mol. The van der Waals surface area contributed by atoms with Crippen LogP contribution in [0.1, 0.15) is 51.4 Å². The topological polar surface area (TPSA) is 78.4 Å². The summed E-state index contributed by atoms with van der Waals surface area (Å²) in [6.45, 7) is 1.29. The standard InChI is InChI=1S/C14H26N2O3/c17-11-5-1-4-9-15-13(18)8-10-16-14(19)12-6-2-3-7-12/h12,17H,1-11H2,(H,15,18)(H,16,19). The molecule has 0 radical (unpaired) electrons. The first-order chi connectivity index (χ1) is 9.24. The molecule has 0 aromatic heterocycles. The molecule has 1 saturated carbocycles. The van der Waals surface area contributed by atoms with E-state index in [0.29, 0.717) is 19.5 Å². The summed E-state index contributed by atoms with van der Waals surface area (Å²) in [5.41, 5.74) is 0. The van der Waals surface area contributed by atoms with Crippen LogP contribution in [-0.4, -0.2) is 36.6 Å². The monoisotopic (exact) mass is 270 g/mol. The fourth-order valence-corrected chi connectivity index (χ4v) is 2.36. The summed E-state index contributed by atoms with van der Waals surface area (Å²) >= 11 is 0.